The van der Waals surface area contributed by atoms with Gasteiger partial charge < -0.3 is 9.72 Å². The summed E-state index contributed by atoms with van der Waals surface area (Å²) < 4.78 is 6.76. The molecule has 30 heavy (non-hydrogen) atoms. The van der Waals surface area contributed by atoms with Gasteiger partial charge in [-0.15, -0.1) is 16.8 Å². The first kappa shape index (κ1) is 21.6. The molecule has 3 rings (SSSR count). The van der Waals surface area contributed by atoms with Gasteiger partial charge in [-0.05, 0) is 26.3 Å². The van der Waals surface area contributed by atoms with Crippen molar-refractivity contribution in [3.63, 3.8) is 0 Å². The summed E-state index contributed by atoms with van der Waals surface area (Å²) in [5, 5.41) is 8.82. The lowest BCUT2D eigenvalue weighted by molar-refractivity contribution is 0.0599. The van der Waals surface area contributed by atoms with Gasteiger partial charge in [0, 0.05) is 17.8 Å². The number of thioether (sulfide) groups is 1. The third-order valence-electron chi connectivity index (χ3n) is 4.79. The number of aryl methyl sites for hydroxylation is 1. The second-order valence-corrected chi connectivity index (χ2v) is 8.12. The van der Waals surface area contributed by atoms with Crippen molar-refractivity contribution in [2.75, 3.05) is 7.11 Å². The van der Waals surface area contributed by atoms with E-state index >= 15 is 0 Å². The Morgan fingerprint density at radius 2 is 1.97 bits per heavy atom. The molecule has 0 amide bonds. The summed E-state index contributed by atoms with van der Waals surface area (Å²) in [7, 11) is 1.32. The van der Waals surface area contributed by atoms with E-state index in [-0.39, 0.29) is 5.78 Å². The molecule has 0 radical (unpaired) electrons. The maximum atomic E-state index is 13.1. The number of ketones is 1. The average Bonchev–Trinajstić information content (AvgIpc) is 3.28. The lowest BCUT2D eigenvalue weighted by atomic mass is 10.1. The van der Waals surface area contributed by atoms with Crippen molar-refractivity contribution in [1.29, 1.82) is 0 Å². The Morgan fingerprint density at radius 1 is 1.27 bits per heavy atom. The number of carbonyl (C=O) groups is 2. The lowest BCUT2D eigenvalue weighted by Gasteiger charge is -2.12. The molecule has 2 heterocycles. The third kappa shape index (κ3) is 4.09. The van der Waals surface area contributed by atoms with Crippen molar-refractivity contribution in [1.82, 2.24) is 19.7 Å². The molecule has 2 aromatic heterocycles. The van der Waals surface area contributed by atoms with Crippen molar-refractivity contribution in [3.8, 4) is 11.4 Å². The number of H-pyrrole nitrogens is 1. The Hall–Kier alpha value is -3.13. The number of aromatic amines is 1. The summed E-state index contributed by atoms with van der Waals surface area (Å²) in [6, 6.07) is 9.75. The number of nitrogens with zero attached hydrogens (tertiary/aromatic N) is 3. The Morgan fingerprint density at radius 3 is 2.60 bits per heavy atom. The zero-order valence-corrected chi connectivity index (χ0v) is 18.2. The number of carbonyl (C=O) groups excluding carboxylic acids is 2. The molecule has 156 valence electrons. The van der Waals surface area contributed by atoms with Crippen molar-refractivity contribution in [2.45, 2.75) is 37.7 Å². The van der Waals surface area contributed by atoms with Gasteiger partial charge in [-0.2, -0.15) is 0 Å². The van der Waals surface area contributed by atoms with Crippen LogP contribution in [0.3, 0.4) is 0 Å². The fourth-order valence-corrected chi connectivity index (χ4v) is 4.21. The van der Waals surface area contributed by atoms with Crippen molar-refractivity contribution < 1.29 is 14.3 Å². The molecule has 0 fully saturated rings. The van der Waals surface area contributed by atoms with E-state index in [1.54, 1.807) is 19.9 Å². The van der Waals surface area contributed by atoms with E-state index in [1.807, 2.05) is 41.8 Å². The minimum atomic E-state index is -0.459. The SMILES string of the molecule is C=CCn1c(SC(C)C(=O)c2[nH]c(C)c(C(=O)OC)c2C)nnc1-c1ccccc1. The number of aromatic nitrogens is 4. The number of methoxy groups -OCH3 is 1. The first-order valence-electron chi connectivity index (χ1n) is 9.46. The predicted octanol–water partition coefficient (Wildman–Crippen LogP) is 4.23. The van der Waals surface area contributed by atoms with Crippen molar-refractivity contribution in [3.05, 3.63) is 65.5 Å². The molecular weight excluding hydrogens is 400 g/mol. The molecule has 0 saturated carbocycles. The van der Waals surface area contributed by atoms with Gasteiger partial charge in [0.25, 0.3) is 0 Å². The lowest BCUT2D eigenvalue weighted by Crippen LogP contribution is -2.16. The monoisotopic (exact) mass is 424 g/mol. The molecule has 1 unspecified atom stereocenters. The van der Waals surface area contributed by atoms with Crippen LogP contribution >= 0.6 is 11.8 Å². The van der Waals surface area contributed by atoms with Gasteiger partial charge >= 0.3 is 5.97 Å². The molecule has 1 atom stereocenters. The number of hydrogen-bond acceptors (Lipinski definition) is 6. The molecule has 0 aliphatic heterocycles. The molecule has 7 nitrogen and oxygen atoms in total. The van der Waals surface area contributed by atoms with Gasteiger partial charge in [0.05, 0.1) is 23.6 Å². The number of esters is 1. The van der Waals surface area contributed by atoms with E-state index in [0.717, 1.165) is 11.4 Å². The second-order valence-electron chi connectivity index (χ2n) is 6.81. The molecule has 1 aromatic carbocycles. The van der Waals surface area contributed by atoms with E-state index < -0.39 is 11.2 Å². The number of rotatable bonds is 8. The number of ether oxygens (including phenoxy) is 1. The third-order valence-corrected chi connectivity index (χ3v) is 5.87. The van der Waals surface area contributed by atoms with Crippen LogP contribution in [0.2, 0.25) is 0 Å². The average molecular weight is 425 g/mol. The molecule has 0 aliphatic carbocycles. The summed E-state index contributed by atoms with van der Waals surface area (Å²) in [5.41, 5.74) is 2.96. The number of hydrogen-bond donors (Lipinski definition) is 1. The summed E-state index contributed by atoms with van der Waals surface area (Å²) >= 11 is 1.32. The summed E-state index contributed by atoms with van der Waals surface area (Å²) in [6.45, 7) is 9.65. The number of allylic oxidation sites excluding steroid dienone is 1. The minimum Gasteiger partial charge on any atom is -0.465 e. The number of benzene rings is 1. The molecule has 0 saturated heterocycles. The number of Topliss-reactive ketones (excluding diaryl/α,β-unsaturated/α-hetero) is 1. The highest BCUT2D eigenvalue weighted by molar-refractivity contribution is 8.00. The van der Waals surface area contributed by atoms with E-state index in [1.165, 1.54) is 18.9 Å². The normalized spacial score (nSPS) is 11.9. The minimum absolute atomic E-state index is 0.120. The Balaban J connectivity index is 1.89. The summed E-state index contributed by atoms with van der Waals surface area (Å²) in [5.74, 6) is 0.140. The van der Waals surface area contributed by atoms with Crippen LogP contribution in [-0.4, -0.2) is 43.9 Å². The molecule has 1 N–H and O–H groups in total. The highest BCUT2D eigenvalue weighted by Gasteiger charge is 2.27. The van der Waals surface area contributed by atoms with Crippen LogP contribution in [0, 0.1) is 13.8 Å². The molecule has 3 aromatic rings. The fraction of sp³-hybridized carbons (Fsp3) is 0.273. The maximum Gasteiger partial charge on any atom is 0.339 e. The van der Waals surface area contributed by atoms with Crippen LogP contribution in [0.1, 0.15) is 39.0 Å². The van der Waals surface area contributed by atoms with Gasteiger partial charge in [0.2, 0.25) is 0 Å². The zero-order chi connectivity index (χ0) is 21.8. The highest BCUT2D eigenvalue weighted by atomic mass is 32.2. The van der Waals surface area contributed by atoms with Crippen LogP contribution in [0.5, 0.6) is 0 Å². The van der Waals surface area contributed by atoms with Gasteiger partial charge in [0.15, 0.2) is 16.8 Å². The smallest absolute Gasteiger partial charge is 0.339 e. The van der Waals surface area contributed by atoms with Crippen molar-refractivity contribution in [2.24, 2.45) is 0 Å². The first-order valence-corrected chi connectivity index (χ1v) is 10.3. The zero-order valence-electron chi connectivity index (χ0n) is 17.4. The van der Waals surface area contributed by atoms with Crippen LogP contribution in [0.25, 0.3) is 11.4 Å². The van der Waals surface area contributed by atoms with Crippen LogP contribution in [0.4, 0.5) is 0 Å². The Kier molecular flexibility index (Phi) is 6.56. The van der Waals surface area contributed by atoms with E-state index in [4.69, 9.17) is 4.74 Å². The van der Waals surface area contributed by atoms with E-state index in [2.05, 4.69) is 21.8 Å². The van der Waals surface area contributed by atoms with Crippen LogP contribution in [0.15, 0.2) is 48.1 Å². The quantitative estimate of drug-likeness (QED) is 0.252. The maximum absolute atomic E-state index is 13.1. The standard InChI is InChI=1S/C22H24N4O3S/c1-6-12-26-20(16-10-8-7-9-11-16)24-25-22(26)30-15(4)19(27)18-13(2)17(14(3)23-18)21(28)29-5/h6-11,15,23H,1,12H2,2-5H3. The predicted molar refractivity (Wildman–Crippen MR) is 117 cm³/mol. The molecule has 0 spiro atoms. The van der Waals surface area contributed by atoms with Crippen LogP contribution in [-0.2, 0) is 11.3 Å². The molecule has 8 heteroatoms. The van der Waals surface area contributed by atoms with E-state index in [0.29, 0.717) is 34.2 Å². The van der Waals surface area contributed by atoms with Gasteiger partial charge in [-0.3, -0.25) is 9.36 Å². The number of nitrogens with one attached hydrogen (secondary N) is 1. The first-order chi connectivity index (χ1) is 14.4. The molecule has 0 bridgehead atoms. The fourth-order valence-electron chi connectivity index (χ4n) is 3.29. The Bertz CT molecular complexity index is 1090. The van der Waals surface area contributed by atoms with Gasteiger partial charge in [0.1, 0.15) is 0 Å². The van der Waals surface area contributed by atoms with Crippen molar-refractivity contribution >= 4 is 23.5 Å². The van der Waals surface area contributed by atoms with Gasteiger partial charge in [-0.25, -0.2) is 4.79 Å². The molecule has 0 aliphatic rings. The topological polar surface area (TPSA) is 89.9 Å². The van der Waals surface area contributed by atoms with Gasteiger partial charge in [-0.1, -0.05) is 48.2 Å². The summed E-state index contributed by atoms with van der Waals surface area (Å²) in [6.07, 6.45) is 1.77. The largest absolute Gasteiger partial charge is 0.465 e. The Labute approximate surface area is 179 Å². The van der Waals surface area contributed by atoms with E-state index in [9.17, 15) is 9.59 Å². The summed E-state index contributed by atoms with van der Waals surface area (Å²) in [4.78, 5) is 28.2. The van der Waals surface area contributed by atoms with Crippen LogP contribution < -0.4 is 0 Å². The second kappa shape index (κ2) is 9.13. The highest BCUT2D eigenvalue weighted by Crippen LogP contribution is 2.30. The molecular formula is C22H24N4O3S.